The Kier molecular flexibility index (Phi) is 3.48. The quantitative estimate of drug-likeness (QED) is 0.877. The SMILES string of the molecule is Cc1nnc(NC(=O)c2cccc(C#N)c2)nc1C. The van der Waals surface area contributed by atoms with Crippen LogP contribution in [0.4, 0.5) is 5.95 Å². The van der Waals surface area contributed by atoms with Crippen molar-refractivity contribution >= 4 is 11.9 Å². The monoisotopic (exact) mass is 253 g/mol. The van der Waals surface area contributed by atoms with Crippen molar-refractivity contribution in [2.24, 2.45) is 0 Å². The zero-order valence-corrected chi connectivity index (χ0v) is 10.5. The fraction of sp³-hybridized carbons (Fsp3) is 0.154. The van der Waals surface area contributed by atoms with Gasteiger partial charge in [0.25, 0.3) is 5.91 Å². The van der Waals surface area contributed by atoms with Crippen LogP contribution in [0.15, 0.2) is 24.3 Å². The number of hydrogen-bond acceptors (Lipinski definition) is 5. The Morgan fingerprint density at radius 2 is 2.05 bits per heavy atom. The van der Waals surface area contributed by atoms with Gasteiger partial charge in [0, 0.05) is 5.56 Å². The molecule has 0 saturated carbocycles. The second-order valence-electron chi connectivity index (χ2n) is 3.95. The van der Waals surface area contributed by atoms with Crippen LogP contribution in [-0.2, 0) is 0 Å². The molecule has 1 aromatic carbocycles. The summed E-state index contributed by atoms with van der Waals surface area (Å²) in [7, 11) is 0. The van der Waals surface area contributed by atoms with Gasteiger partial charge in [-0.05, 0) is 32.0 Å². The molecule has 0 aliphatic carbocycles. The topological polar surface area (TPSA) is 91.6 Å². The third-order valence-corrected chi connectivity index (χ3v) is 2.57. The van der Waals surface area contributed by atoms with Crippen molar-refractivity contribution in [1.29, 1.82) is 5.26 Å². The molecule has 0 atom stereocenters. The highest BCUT2D eigenvalue weighted by molar-refractivity contribution is 6.03. The van der Waals surface area contributed by atoms with Crippen LogP contribution in [0.2, 0.25) is 0 Å². The van der Waals surface area contributed by atoms with E-state index in [0.717, 1.165) is 0 Å². The van der Waals surface area contributed by atoms with Crippen LogP contribution in [0.25, 0.3) is 0 Å². The number of nitrogens with zero attached hydrogens (tertiary/aromatic N) is 4. The maximum atomic E-state index is 12.0. The second kappa shape index (κ2) is 5.23. The summed E-state index contributed by atoms with van der Waals surface area (Å²) in [5, 5.41) is 19.0. The third-order valence-electron chi connectivity index (χ3n) is 2.57. The van der Waals surface area contributed by atoms with Crippen LogP contribution in [-0.4, -0.2) is 21.1 Å². The fourth-order valence-electron chi connectivity index (χ4n) is 1.41. The van der Waals surface area contributed by atoms with Crippen molar-refractivity contribution in [3.8, 4) is 6.07 Å². The van der Waals surface area contributed by atoms with Crippen molar-refractivity contribution in [1.82, 2.24) is 15.2 Å². The summed E-state index contributed by atoms with van der Waals surface area (Å²) in [6.45, 7) is 3.58. The lowest BCUT2D eigenvalue weighted by Gasteiger charge is -2.04. The van der Waals surface area contributed by atoms with E-state index in [1.165, 1.54) is 6.07 Å². The molecule has 0 fully saturated rings. The van der Waals surface area contributed by atoms with Gasteiger partial charge in [0.2, 0.25) is 5.95 Å². The standard InChI is InChI=1S/C13H11N5O/c1-8-9(2)17-18-13(15-8)16-12(19)11-5-3-4-10(6-11)7-14/h3-6H,1-2H3,(H,15,16,18,19). The molecule has 0 aliphatic rings. The number of rotatable bonds is 2. The minimum atomic E-state index is -0.373. The number of aromatic nitrogens is 3. The Morgan fingerprint density at radius 1 is 1.26 bits per heavy atom. The first-order valence-corrected chi connectivity index (χ1v) is 5.59. The van der Waals surface area contributed by atoms with E-state index in [9.17, 15) is 4.79 Å². The minimum absolute atomic E-state index is 0.149. The Hall–Kier alpha value is -2.81. The number of amides is 1. The molecule has 6 nitrogen and oxygen atoms in total. The minimum Gasteiger partial charge on any atom is -0.289 e. The molecule has 19 heavy (non-hydrogen) atoms. The van der Waals surface area contributed by atoms with Gasteiger partial charge in [-0.2, -0.15) is 10.4 Å². The summed E-state index contributed by atoms with van der Waals surface area (Å²) in [5.41, 5.74) is 2.22. The van der Waals surface area contributed by atoms with Crippen LogP contribution in [0, 0.1) is 25.2 Å². The first kappa shape index (κ1) is 12.6. The lowest BCUT2D eigenvalue weighted by Crippen LogP contribution is -2.15. The lowest BCUT2D eigenvalue weighted by atomic mass is 10.1. The first-order chi connectivity index (χ1) is 9.10. The van der Waals surface area contributed by atoms with E-state index in [2.05, 4.69) is 20.5 Å². The van der Waals surface area contributed by atoms with Gasteiger partial charge in [0.05, 0.1) is 23.0 Å². The number of hydrogen-bond donors (Lipinski definition) is 1. The van der Waals surface area contributed by atoms with Gasteiger partial charge in [-0.3, -0.25) is 10.1 Å². The summed E-state index contributed by atoms with van der Waals surface area (Å²) < 4.78 is 0. The summed E-state index contributed by atoms with van der Waals surface area (Å²) in [4.78, 5) is 16.1. The van der Waals surface area contributed by atoms with E-state index in [-0.39, 0.29) is 11.9 Å². The predicted molar refractivity (Wildman–Crippen MR) is 68.4 cm³/mol. The van der Waals surface area contributed by atoms with Gasteiger partial charge < -0.3 is 0 Å². The molecule has 0 aliphatic heterocycles. The van der Waals surface area contributed by atoms with Gasteiger partial charge in [-0.1, -0.05) is 6.07 Å². The molecule has 94 valence electrons. The molecule has 0 radical (unpaired) electrons. The number of carbonyl (C=O) groups is 1. The van der Waals surface area contributed by atoms with E-state index in [0.29, 0.717) is 22.5 Å². The molecule has 1 amide bonds. The van der Waals surface area contributed by atoms with Crippen molar-refractivity contribution < 1.29 is 4.79 Å². The van der Waals surface area contributed by atoms with Crippen LogP contribution >= 0.6 is 0 Å². The molecule has 0 saturated heterocycles. The summed E-state index contributed by atoms with van der Waals surface area (Å²) >= 11 is 0. The highest BCUT2D eigenvalue weighted by atomic mass is 16.1. The Labute approximate surface area is 110 Å². The molecule has 0 unspecified atom stereocenters. The molecule has 1 N–H and O–H groups in total. The predicted octanol–water partition coefficient (Wildman–Crippen LogP) is 1.61. The third kappa shape index (κ3) is 2.90. The molecular formula is C13H11N5O. The van der Waals surface area contributed by atoms with Crippen molar-refractivity contribution in [3.05, 3.63) is 46.8 Å². The summed E-state index contributed by atoms with van der Waals surface area (Å²) in [6.07, 6.45) is 0. The Morgan fingerprint density at radius 3 is 2.74 bits per heavy atom. The number of anilines is 1. The number of aryl methyl sites for hydroxylation is 2. The Bertz CT molecular complexity index is 675. The second-order valence-corrected chi connectivity index (χ2v) is 3.95. The van der Waals surface area contributed by atoms with E-state index < -0.39 is 0 Å². The molecule has 2 rings (SSSR count). The molecule has 1 heterocycles. The lowest BCUT2D eigenvalue weighted by molar-refractivity contribution is 0.102. The van der Waals surface area contributed by atoms with Crippen LogP contribution in [0.3, 0.4) is 0 Å². The van der Waals surface area contributed by atoms with Gasteiger partial charge in [-0.25, -0.2) is 4.98 Å². The van der Waals surface area contributed by atoms with E-state index in [1.54, 1.807) is 32.0 Å². The highest BCUT2D eigenvalue weighted by Gasteiger charge is 2.09. The first-order valence-electron chi connectivity index (χ1n) is 5.59. The molecule has 0 bridgehead atoms. The largest absolute Gasteiger partial charge is 0.289 e. The number of benzene rings is 1. The zero-order chi connectivity index (χ0) is 13.8. The Balaban J connectivity index is 2.21. The van der Waals surface area contributed by atoms with Crippen molar-refractivity contribution in [3.63, 3.8) is 0 Å². The van der Waals surface area contributed by atoms with Gasteiger partial charge >= 0.3 is 0 Å². The average Bonchev–Trinajstić information content (AvgIpc) is 2.43. The maximum absolute atomic E-state index is 12.0. The van der Waals surface area contributed by atoms with Crippen LogP contribution in [0.5, 0.6) is 0 Å². The average molecular weight is 253 g/mol. The van der Waals surface area contributed by atoms with Gasteiger partial charge in [-0.15, -0.1) is 5.10 Å². The summed E-state index contributed by atoms with van der Waals surface area (Å²) in [6, 6.07) is 8.37. The number of nitriles is 1. The summed E-state index contributed by atoms with van der Waals surface area (Å²) in [5.74, 6) is -0.224. The fourth-order valence-corrected chi connectivity index (χ4v) is 1.41. The number of nitrogens with one attached hydrogen (secondary N) is 1. The van der Waals surface area contributed by atoms with Crippen LogP contribution < -0.4 is 5.32 Å². The van der Waals surface area contributed by atoms with Crippen molar-refractivity contribution in [2.45, 2.75) is 13.8 Å². The van der Waals surface area contributed by atoms with E-state index in [1.807, 2.05) is 6.07 Å². The molecule has 2 aromatic rings. The molecule has 6 heteroatoms. The smallest absolute Gasteiger partial charge is 0.258 e. The number of carbonyl (C=O) groups excluding carboxylic acids is 1. The van der Waals surface area contributed by atoms with Crippen LogP contribution in [0.1, 0.15) is 27.3 Å². The van der Waals surface area contributed by atoms with E-state index in [4.69, 9.17) is 5.26 Å². The highest BCUT2D eigenvalue weighted by Crippen LogP contribution is 2.07. The normalized spacial score (nSPS) is 9.74. The maximum Gasteiger partial charge on any atom is 0.258 e. The molecule has 0 spiro atoms. The van der Waals surface area contributed by atoms with Gasteiger partial charge in [0.15, 0.2) is 0 Å². The van der Waals surface area contributed by atoms with E-state index >= 15 is 0 Å². The van der Waals surface area contributed by atoms with Gasteiger partial charge in [0.1, 0.15) is 0 Å². The zero-order valence-electron chi connectivity index (χ0n) is 10.5. The van der Waals surface area contributed by atoms with Crippen molar-refractivity contribution in [2.75, 3.05) is 5.32 Å². The molecular weight excluding hydrogens is 242 g/mol. The molecule has 1 aromatic heterocycles.